The van der Waals surface area contributed by atoms with Gasteiger partial charge in [-0.3, -0.25) is 0 Å². The van der Waals surface area contributed by atoms with Gasteiger partial charge in [-0.25, -0.2) is 0 Å². The third-order valence-electron chi connectivity index (χ3n) is 2.31. The zero-order valence-corrected chi connectivity index (χ0v) is 10.7. The van der Waals surface area contributed by atoms with E-state index in [4.69, 9.17) is 11.6 Å². The molecule has 6 heteroatoms. The lowest BCUT2D eigenvalue weighted by Crippen LogP contribution is -2.18. The molecule has 2 nitrogen and oxygen atoms in total. The molecule has 1 N–H and O–H groups in total. The van der Waals surface area contributed by atoms with Crippen molar-refractivity contribution >= 4 is 17.3 Å². The molecule has 0 aromatic heterocycles. The minimum Gasteiger partial charge on any atom is -0.385 e. The number of hydrogen-bond acceptors (Lipinski definition) is 2. The first kappa shape index (κ1) is 15.1. The second-order valence-electron chi connectivity index (χ2n) is 3.86. The van der Waals surface area contributed by atoms with Crippen LogP contribution in [0.5, 0.6) is 0 Å². The molecule has 0 saturated carbocycles. The maximum Gasteiger partial charge on any atom is 0.411 e. The van der Waals surface area contributed by atoms with E-state index in [2.05, 4.69) is 10.1 Å². The highest BCUT2D eigenvalue weighted by Crippen LogP contribution is 2.22. The molecule has 1 rings (SSSR count). The van der Waals surface area contributed by atoms with E-state index in [1.165, 1.54) is 0 Å². The molecule has 1 aromatic carbocycles. The maximum atomic E-state index is 11.8. The van der Waals surface area contributed by atoms with Gasteiger partial charge in [0.25, 0.3) is 0 Å². The third-order valence-corrected chi connectivity index (χ3v) is 2.72. The van der Waals surface area contributed by atoms with Crippen LogP contribution in [0.15, 0.2) is 18.2 Å². The summed E-state index contributed by atoms with van der Waals surface area (Å²) in [6, 6.07) is 5.48. The largest absolute Gasteiger partial charge is 0.411 e. The summed E-state index contributed by atoms with van der Waals surface area (Å²) in [5, 5.41) is 3.77. The number of halogens is 4. The molecule has 0 aliphatic heterocycles. The van der Waals surface area contributed by atoms with Gasteiger partial charge in [-0.05, 0) is 31.0 Å². The van der Waals surface area contributed by atoms with Crippen LogP contribution in [0, 0.1) is 6.92 Å². The Morgan fingerprint density at radius 1 is 1.33 bits per heavy atom. The van der Waals surface area contributed by atoms with Gasteiger partial charge in [0.05, 0.1) is 0 Å². The predicted molar refractivity (Wildman–Crippen MR) is 66.2 cm³/mol. The van der Waals surface area contributed by atoms with Crippen LogP contribution in [-0.2, 0) is 4.74 Å². The maximum absolute atomic E-state index is 11.8. The molecule has 102 valence electrons. The minimum atomic E-state index is -4.25. The molecule has 0 fully saturated rings. The first-order chi connectivity index (χ1) is 8.40. The fourth-order valence-electron chi connectivity index (χ4n) is 1.38. The molecule has 0 spiro atoms. The quantitative estimate of drug-likeness (QED) is 0.795. The van der Waals surface area contributed by atoms with Gasteiger partial charge in [0.2, 0.25) is 0 Å². The molecule has 0 aliphatic carbocycles. The lowest BCUT2D eigenvalue weighted by Gasteiger charge is -2.11. The Hall–Kier alpha value is -0.940. The van der Waals surface area contributed by atoms with Gasteiger partial charge >= 0.3 is 6.18 Å². The van der Waals surface area contributed by atoms with E-state index in [1.807, 2.05) is 19.1 Å². The van der Waals surface area contributed by atoms with E-state index in [0.717, 1.165) is 11.3 Å². The van der Waals surface area contributed by atoms with Crippen molar-refractivity contribution in [2.24, 2.45) is 0 Å². The molecule has 18 heavy (non-hydrogen) atoms. The smallest absolute Gasteiger partial charge is 0.385 e. The van der Waals surface area contributed by atoms with Gasteiger partial charge < -0.3 is 10.1 Å². The zero-order chi connectivity index (χ0) is 13.6. The number of anilines is 1. The van der Waals surface area contributed by atoms with Gasteiger partial charge in [0.1, 0.15) is 6.61 Å². The number of hydrogen-bond donors (Lipinski definition) is 1. The van der Waals surface area contributed by atoms with Crippen molar-refractivity contribution in [3.8, 4) is 0 Å². The highest BCUT2D eigenvalue weighted by atomic mass is 35.5. The zero-order valence-electron chi connectivity index (χ0n) is 9.98. The van der Waals surface area contributed by atoms with Crippen LogP contribution in [0.25, 0.3) is 0 Å². The molecule has 0 saturated heterocycles. The fourth-order valence-corrected chi connectivity index (χ4v) is 1.56. The van der Waals surface area contributed by atoms with E-state index < -0.39 is 12.8 Å². The summed E-state index contributed by atoms with van der Waals surface area (Å²) in [5.74, 6) is 0. The lowest BCUT2D eigenvalue weighted by atomic mass is 10.2. The summed E-state index contributed by atoms with van der Waals surface area (Å²) in [7, 11) is 0. The van der Waals surface area contributed by atoms with E-state index in [0.29, 0.717) is 18.0 Å². The first-order valence-corrected chi connectivity index (χ1v) is 5.91. The standard InChI is InChI=1S/C12H15ClF3NO/c1-9-10(13)4-2-5-11(9)17-6-3-7-18-8-12(14,15)16/h2,4-5,17H,3,6-8H2,1H3. The van der Waals surface area contributed by atoms with Crippen molar-refractivity contribution in [2.75, 3.05) is 25.1 Å². The molecule has 0 bridgehead atoms. The van der Waals surface area contributed by atoms with E-state index in [-0.39, 0.29) is 6.61 Å². The number of ether oxygens (including phenoxy) is 1. The minimum absolute atomic E-state index is 0.0755. The number of alkyl halides is 3. The van der Waals surface area contributed by atoms with Crippen molar-refractivity contribution in [2.45, 2.75) is 19.5 Å². The van der Waals surface area contributed by atoms with Gasteiger partial charge in [-0.2, -0.15) is 13.2 Å². The summed E-state index contributed by atoms with van der Waals surface area (Å²) >= 11 is 5.94. The van der Waals surface area contributed by atoms with Crippen LogP contribution in [0.1, 0.15) is 12.0 Å². The first-order valence-electron chi connectivity index (χ1n) is 5.53. The summed E-state index contributed by atoms with van der Waals surface area (Å²) < 4.78 is 39.8. The van der Waals surface area contributed by atoms with Crippen molar-refractivity contribution in [1.82, 2.24) is 0 Å². The molecule has 0 radical (unpaired) electrons. The van der Waals surface area contributed by atoms with Crippen molar-refractivity contribution in [3.05, 3.63) is 28.8 Å². The Labute approximate surface area is 109 Å². The Morgan fingerprint density at radius 3 is 2.72 bits per heavy atom. The fraction of sp³-hybridized carbons (Fsp3) is 0.500. The molecule has 1 aromatic rings. The average molecular weight is 282 g/mol. The number of nitrogens with one attached hydrogen (secondary N) is 1. The van der Waals surface area contributed by atoms with Gasteiger partial charge in [-0.1, -0.05) is 17.7 Å². The van der Waals surface area contributed by atoms with E-state index >= 15 is 0 Å². The Morgan fingerprint density at radius 2 is 2.06 bits per heavy atom. The molecule has 0 aliphatic rings. The summed E-state index contributed by atoms with van der Waals surface area (Å²) in [5.41, 5.74) is 1.81. The van der Waals surface area contributed by atoms with Crippen LogP contribution in [0.4, 0.5) is 18.9 Å². The van der Waals surface area contributed by atoms with Crippen LogP contribution >= 0.6 is 11.6 Å². The Kier molecular flexibility index (Phi) is 5.75. The van der Waals surface area contributed by atoms with Crippen LogP contribution in [-0.4, -0.2) is 25.9 Å². The second kappa shape index (κ2) is 6.85. The highest BCUT2D eigenvalue weighted by Gasteiger charge is 2.27. The highest BCUT2D eigenvalue weighted by molar-refractivity contribution is 6.31. The van der Waals surface area contributed by atoms with Crippen molar-refractivity contribution in [1.29, 1.82) is 0 Å². The molecule has 0 amide bonds. The molecular weight excluding hydrogens is 267 g/mol. The SMILES string of the molecule is Cc1c(Cl)cccc1NCCCOCC(F)(F)F. The Balaban J connectivity index is 2.20. The van der Waals surface area contributed by atoms with E-state index in [1.54, 1.807) is 6.07 Å². The van der Waals surface area contributed by atoms with E-state index in [9.17, 15) is 13.2 Å². The van der Waals surface area contributed by atoms with Crippen molar-refractivity contribution < 1.29 is 17.9 Å². The summed E-state index contributed by atoms with van der Waals surface area (Å²) in [4.78, 5) is 0. The number of rotatable bonds is 6. The van der Waals surface area contributed by atoms with Crippen LogP contribution < -0.4 is 5.32 Å². The average Bonchev–Trinajstić information content (AvgIpc) is 2.27. The van der Waals surface area contributed by atoms with Crippen molar-refractivity contribution in [3.63, 3.8) is 0 Å². The predicted octanol–water partition coefficient (Wildman–Crippen LogP) is 4.03. The summed E-state index contributed by atoms with van der Waals surface area (Å²) in [6.07, 6.45) is -3.75. The molecule has 0 heterocycles. The molecule has 0 unspecified atom stereocenters. The molecule has 0 atom stereocenters. The monoisotopic (exact) mass is 281 g/mol. The Bertz CT molecular complexity index is 382. The van der Waals surface area contributed by atoms with Crippen LogP contribution in [0.3, 0.4) is 0 Å². The van der Waals surface area contributed by atoms with Gasteiger partial charge in [-0.15, -0.1) is 0 Å². The topological polar surface area (TPSA) is 21.3 Å². The summed E-state index contributed by atoms with van der Waals surface area (Å²) in [6.45, 7) is 1.30. The van der Waals surface area contributed by atoms with Crippen LogP contribution in [0.2, 0.25) is 5.02 Å². The number of benzene rings is 1. The second-order valence-corrected chi connectivity index (χ2v) is 4.27. The normalized spacial score (nSPS) is 11.6. The van der Waals surface area contributed by atoms with Gasteiger partial charge in [0, 0.05) is 23.9 Å². The van der Waals surface area contributed by atoms with Gasteiger partial charge in [0.15, 0.2) is 0 Å². The third kappa shape index (κ3) is 5.60. The molecular formula is C12H15ClF3NO. The lowest BCUT2D eigenvalue weighted by molar-refractivity contribution is -0.173.